The third-order valence-corrected chi connectivity index (χ3v) is 3.49. The summed E-state index contributed by atoms with van der Waals surface area (Å²) in [6, 6.07) is 7.78. The van der Waals surface area contributed by atoms with Gasteiger partial charge in [-0.3, -0.25) is 4.90 Å². The third kappa shape index (κ3) is 4.00. The first kappa shape index (κ1) is 15.0. The molecule has 0 aliphatic rings. The van der Waals surface area contributed by atoms with Gasteiger partial charge < -0.3 is 10.8 Å². The molecule has 1 aromatic rings. The maximum Gasteiger partial charge on any atom is 0.115 e. The second-order valence-electron chi connectivity index (χ2n) is 5.70. The molecule has 3 nitrogen and oxygen atoms in total. The van der Waals surface area contributed by atoms with Crippen LogP contribution in [0.2, 0.25) is 0 Å². The van der Waals surface area contributed by atoms with Crippen LogP contribution in [-0.4, -0.2) is 29.6 Å². The fourth-order valence-corrected chi connectivity index (χ4v) is 2.13. The third-order valence-electron chi connectivity index (χ3n) is 3.49. The molecule has 0 radical (unpaired) electrons. The van der Waals surface area contributed by atoms with Crippen molar-refractivity contribution < 1.29 is 5.11 Å². The maximum atomic E-state index is 9.56. The summed E-state index contributed by atoms with van der Waals surface area (Å²) in [6.45, 7) is 11.3. The monoisotopic (exact) mass is 250 g/mol. The largest absolute Gasteiger partial charge is 0.508 e. The van der Waals surface area contributed by atoms with E-state index in [1.54, 1.807) is 6.07 Å². The van der Waals surface area contributed by atoms with E-state index in [0.29, 0.717) is 12.3 Å². The number of nitrogens with zero attached hydrogens (tertiary/aromatic N) is 1. The Morgan fingerprint density at radius 2 is 2.06 bits per heavy atom. The number of benzene rings is 1. The van der Waals surface area contributed by atoms with Gasteiger partial charge in [-0.25, -0.2) is 0 Å². The minimum Gasteiger partial charge on any atom is -0.508 e. The van der Waals surface area contributed by atoms with Crippen LogP contribution in [0.15, 0.2) is 24.3 Å². The smallest absolute Gasteiger partial charge is 0.115 e. The summed E-state index contributed by atoms with van der Waals surface area (Å²) in [4.78, 5) is 2.39. The van der Waals surface area contributed by atoms with Gasteiger partial charge in [-0.1, -0.05) is 32.9 Å². The molecule has 0 aliphatic heterocycles. The molecule has 0 amide bonds. The molecule has 0 aromatic heterocycles. The van der Waals surface area contributed by atoms with Crippen LogP contribution in [0.25, 0.3) is 0 Å². The van der Waals surface area contributed by atoms with Crippen LogP contribution in [0.1, 0.15) is 39.3 Å². The number of hydrogen-bond acceptors (Lipinski definition) is 3. The molecule has 1 unspecified atom stereocenters. The molecule has 1 aromatic carbocycles. The molecule has 0 heterocycles. The van der Waals surface area contributed by atoms with Gasteiger partial charge in [0.05, 0.1) is 0 Å². The first-order valence-corrected chi connectivity index (χ1v) is 6.62. The van der Waals surface area contributed by atoms with Crippen LogP contribution in [0.4, 0.5) is 0 Å². The van der Waals surface area contributed by atoms with Gasteiger partial charge in [-0.15, -0.1) is 0 Å². The number of hydrogen-bond donors (Lipinski definition) is 2. The Bertz CT molecular complexity index is 377. The molecular formula is C15H26N2O. The summed E-state index contributed by atoms with van der Waals surface area (Å²) >= 11 is 0. The summed E-state index contributed by atoms with van der Waals surface area (Å²) in [5.74, 6) is 0.327. The van der Waals surface area contributed by atoms with E-state index < -0.39 is 0 Å². The number of nitrogens with two attached hydrogens (primary N) is 1. The Hall–Kier alpha value is -1.06. The van der Waals surface area contributed by atoms with E-state index in [4.69, 9.17) is 5.73 Å². The van der Waals surface area contributed by atoms with Gasteiger partial charge >= 0.3 is 0 Å². The van der Waals surface area contributed by atoms with E-state index in [9.17, 15) is 5.11 Å². The molecule has 0 spiro atoms. The average molecular weight is 250 g/mol. The van der Waals surface area contributed by atoms with Gasteiger partial charge in [0, 0.05) is 12.6 Å². The van der Waals surface area contributed by atoms with Gasteiger partial charge in [-0.05, 0) is 43.1 Å². The lowest BCUT2D eigenvalue weighted by atomic mass is 9.92. The van der Waals surface area contributed by atoms with Gasteiger partial charge in [0.25, 0.3) is 0 Å². The van der Waals surface area contributed by atoms with Crippen molar-refractivity contribution in [1.82, 2.24) is 4.90 Å². The molecule has 1 atom stereocenters. The molecule has 0 fully saturated rings. The highest BCUT2D eigenvalue weighted by atomic mass is 16.3. The van der Waals surface area contributed by atoms with Crippen molar-refractivity contribution >= 4 is 0 Å². The quantitative estimate of drug-likeness (QED) is 0.816. The zero-order valence-corrected chi connectivity index (χ0v) is 12.0. The van der Waals surface area contributed by atoms with Crippen LogP contribution >= 0.6 is 0 Å². The Morgan fingerprint density at radius 3 is 2.56 bits per heavy atom. The molecule has 102 valence electrons. The van der Waals surface area contributed by atoms with E-state index in [2.05, 4.69) is 38.7 Å². The molecule has 0 saturated heterocycles. The molecule has 3 heteroatoms. The average Bonchev–Trinajstić information content (AvgIpc) is 2.35. The second kappa shape index (κ2) is 6.21. The van der Waals surface area contributed by atoms with Crippen molar-refractivity contribution in [3.05, 3.63) is 29.8 Å². The first-order valence-electron chi connectivity index (χ1n) is 6.62. The summed E-state index contributed by atoms with van der Waals surface area (Å²) in [7, 11) is 0. The van der Waals surface area contributed by atoms with E-state index in [1.807, 2.05) is 12.1 Å². The van der Waals surface area contributed by atoms with E-state index in [-0.39, 0.29) is 11.5 Å². The highest BCUT2D eigenvalue weighted by Crippen LogP contribution is 2.26. The van der Waals surface area contributed by atoms with Crippen LogP contribution in [0, 0.1) is 5.41 Å². The van der Waals surface area contributed by atoms with Crippen LogP contribution < -0.4 is 5.73 Å². The summed E-state index contributed by atoms with van der Waals surface area (Å²) in [5.41, 5.74) is 7.06. The van der Waals surface area contributed by atoms with Gasteiger partial charge in [0.2, 0.25) is 0 Å². The van der Waals surface area contributed by atoms with Crippen molar-refractivity contribution in [2.24, 2.45) is 11.1 Å². The van der Waals surface area contributed by atoms with Crippen molar-refractivity contribution in [1.29, 1.82) is 0 Å². The van der Waals surface area contributed by atoms with E-state index in [0.717, 1.165) is 18.7 Å². The van der Waals surface area contributed by atoms with E-state index in [1.165, 1.54) is 0 Å². The molecule has 0 saturated carbocycles. The van der Waals surface area contributed by atoms with Gasteiger partial charge in [0.15, 0.2) is 0 Å². The fourth-order valence-electron chi connectivity index (χ4n) is 2.13. The minimum absolute atomic E-state index is 0.112. The molecule has 0 bridgehead atoms. The second-order valence-corrected chi connectivity index (χ2v) is 5.70. The Kier molecular flexibility index (Phi) is 5.17. The van der Waals surface area contributed by atoms with Gasteiger partial charge in [0.1, 0.15) is 5.75 Å². The number of phenolic OH excluding ortho intramolecular Hbond substituents is 1. The minimum atomic E-state index is 0.112. The predicted molar refractivity (Wildman–Crippen MR) is 76.6 cm³/mol. The highest BCUT2D eigenvalue weighted by Gasteiger charge is 2.23. The first-order chi connectivity index (χ1) is 8.39. The van der Waals surface area contributed by atoms with Crippen molar-refractivity contribution in [3.8, 4) is 5.75 Å². The van der Waals surface area contributed by atoms with E-state index >= 15 is 0 Å². The van der Waals surface area contributed by atoms with Crippen molar-refractivity contribution in [2.45, 2.75) is 33.7 Å². The normalized spacial score (nSPS) is 13.9. The molecule has 18 heavy (non-hydrogen) atoms. The van der Waals surface area contributed by atoms with Crippen LogP contribution in [-0.2, 0) is 0 Å². The van der Waals surface area contributed by atoms with Crippen LogP contribution in [0.3, 0.4) is 0 Å². The topological polar surface area (TPSA) is 49.5 Å². The van der Waals surface area contributed by atoms with Crippen molar-refractivity contribution in [2.75, 3.05) is 19.6 Å². The summed E-state index contributed by atoms with van der Waals surface area (Å²) < 4.78 is 0. The molecule has 1 rings (SSSR count). The zero-order valence-electron chi connectivity index (χ0n) is 12.0. The van der Waals surface area contributed by atoms with Crippen molar-refractivity contribution in [3.63, 3.8) is 0 Å². The number of phenols is 1. The lowest BCUT2D eigenvalue weighted by Gasteiger charge is -2.35. The Balaban J connectivity index is 2.82. The molecule has 3 N–H and O–H groups in total. The standard InChI is InChI=1S/C15H26N2O/c1-5-17(11-15(3,4)10-16)12(2)13-7-6-8-14(18)9-13/h6-9,12,18H,5,10-11,16H2,1-4H3. The van der Waals surface area contributed by atoms with Gasteiger partial charge in [-0.2, -0.15) is 0 Å². The zero-order chi connectivity index (χ0) is 13.8. The summed E-state index contributed by atoms with van der Waals surface area (Å²) in [6.07, 6.45) is 0. The lowest BCUT2D eigenvalue weighted by molar-refractivity contribution is 0.147. The molecular weight excluding hydrogens is 224 g/mol. The number of rotatable bonds is 6. The Morgan fingerprint density at radius 1 is 1.39 bits per heavy atom. The molecule has 0 aliphatic carbocycles. The lowest BCUT2D eigenvalue weighted by Crippen LogP contribution is -2.39. The highest BCUT2D eigenvalue weighted by molar-refractivity contribution is 5.29. The summed E-state index contributed by atoms with van der Waals surface area (Å²) in [5, 5.41) is 9.56. The fraction of sp³-hybridized carbons (Fsp3) is 0.600. The SMILES string of the molecule is CCN(CC(C)(C)CN)C(C)c1cccc(O)c1. The Labute approximate surface area is 111 Å². The maximum absolute atomic E-state index is 9.56. The number of aromatic hydroxyl groups is 1. The van der Waals surface area contributed by atoms with Crippen LogP contribution in [0.5, 0.6) is 5.75 Å². The predicted octanol–water partition coefficient (Wildman–Crippen LogP) is 2.76.